The van der Waals surface area contributed by atoms with Crippen molar-refractivity contribution >= 4 is 5.97 Å². The third-order valence-electron chi connectivity index (χ3n) is 2.27. The smallest absolute Gasteiger partial charge is 0.328 e. The first-order valence-electron chi connectivity index (χ1n) is 5.28. The first-order valence-corrected chi connectivity index (χ1v) is 5.28. The Balaban J connectivity index is 2.67. The summed E-state index contributed by atoms with van der Waals surface area (Å²) in [5, 5.41) is 0. The van der Waals surface area contributed by atoms with Gasteiger partial charge < -0.3 is 10.5 Å². The molecule has 0 radical (unpaired) electrons. The maximum atomic E-state index is 13.3. The standard InChI is InChI=1S/C13H16FNO2/c1-8(2)17-13(16)12(15)7-10-5-4-9(3)11(14)6-10/h4-6,12H,1,7,15H2,2-3H3/t12-/m0/s1. The Bertz CT molecular complexity index is 443. The minimum atomic E-state index is -0.811. The van der Waals surface area contributed by atoms with Crippen LogP contribution in [0.5, 0.6) is 0 Å². The van der Waals surface area contributed by atoms with Crippen LogP contribution < -0.4 is 5.73 Å². The highest BCUT2D eigenvalue weighted by Gasteiger charge is 2.16. The molecule has 0 aliphatic rings. The summed E-state index contributed by atoms with van der Waals surface area (Å²) < 4.78 is 18.1. The number of aryl methyl sites for hydroxylation is 1. The van der Waals surface area contributed by atoms with E-state index in [9.17, 15) is 9.18 Å². The molecule has 0 spiro atoms. The van der Waals surface area contributed by atoms with Crippen LogP contribution in [0.3, 0.4) is 0 Å². The van der Waals surface area contributed by atoms with Gasteiger partial charge in [-0.1, -0.05) is 18.7 Å². The first-order chi connectivity index (χ1) is 7.90. The van der Waals surface area contributed by atoms with Crippen LogP contribution in [-0.4, -0.2) is 12.0 Å². The third-order valence-corrected chi connectivity index (χ3v) is 2.27. The molecule has 1 aromatic rings. The second-order valence-electron chi connectivity index (χ2n) is 4.02. The van der Waals surface area contributed by atoms with Crippen molar-refractivity contribution in [1.82, 2.24) is 0 Å². The largest absolute Gasteiger partial charge is 0.431 e. The average molecular weight is 237 g/mol. The van der Waals surface area contributed by atoms with Crippen molar-refractivity contribution in [2.45, 2.75) is 26.3 Å². The van der Waals surface area contributed by atoms with E-state index in [0.29, 0.717) is 16.9 Å². The molecule has 4 heteroatoms. The Kier molecular flexibility index (Phi) is 4.40. The van der Waals surface area contributed by atoms with E-state index in [1.165, 1.54) is 6.07 Å². The van der Waals surface area contributed by atoms with Gasteiger partial charge in [0.25, 0.3) is 0 Å². The topological polar surface area (TPSA) is 52.3 Å². The normalized spacial score (nSPS) is 12.0. The van der Waals surface area contributed by atoms with Crippen LogP contribution in [0.2, 0.25) is 0 Å². The molecule has 0 fully saturated rings. The van der Waals surface area contributed by atoms with E-state index < -0.39 is 12.0 Å². The predicted octanol–water partition coefficient (Wildman–Crippen LogP) is 2.08. The van der Waals surface area contributed by atoms with Crippen LogP contribution in [0.25, 0.3) is 0 Å². The fraction of sp³-hybridized carbons (Fsp3) is 0.308. The maximum absolute atomic E-state index is 13.3. The molecule has 0 heterocycles. The van der Waals surface area contributed by atoms with E-state index >= 15 is 0 Å². The fourth-order valence-electron chi connectivity index (χ4n) is 1.35. The molecule has 0 saturated heterocycles. The summed E-state index contributed by atoms with van der Waals surface area (Å²) >= 11 is 0. The lowest BCUT2D eigenvalue weighted by atomic mass is 10.0. The molecule has 1 atom stereocenters. The van der Waals surface area contributed by atoms with Crippen molar-refractivity contribution in [3.63, 3.8) is 0 Å². The van der Waals surface area contributed by atoms with Crippen molar-refractivity contribution < 1.29 is 13.9 Å². The van der Waals surface area contributed by atoms with Gasteiger partial charge in [-0.15, -0.1) is 0 Å². The van der Waals surface area contributed by atoms with E-state index in [1.54, 1.807) is 26.0 Å². The van der Waals surface area contributed by atoms with Crippen molar-refractivity contribution in [2.75, 3.05) is 0 Å². The SMILES string of the molecule is C=C(C)OC(=O)[C@@H](N)Cc1ccc(C)c(F)c1. The van der Waals surface area contributed by atoms with Gasteiger partial charge in [0.2, 0.25) is 0 Å². The number of ether oxygens (including phenoxy) is 1. The van der Waals surface area contributed by atoms with Crippen LogP contribution in [0, 0.1) is 12.7 Å². The molecular formula is C13H16FNO2. The summed E-state index contributed by atoms with van der Waals surface area (Å²) in [6, 6.07) is 3.96. The van der Waals surface area contributed by atoms with Crippen molar-refractivity contribution in [3.8, 4) is 0 Å². The van der Waals surface area contributed by atoms with Gasteiger partial charge >= 0.3 is 5.97 Å². The van der Waals surface area contributed by atoms with Gasteiger partial charge in [-0.25, -0.2) is 9.18 Å². The number of carbonyl (C=O) groups is 1. The molecule has 0 bridgehead atoms. The zero-order valence-corrected chi connectivity index (χ0v) is 10.00. The van der Waals surface area contributed by atoms with Gasteiger partial charge in [-0.3, -0.25) is 0 Å². The highest BCUT2D eigenvalue weighted by molar-refractivity contribution is 5.76. The zero-order chi connectivity index (χ0) is 13.0. The summed E-state index contributed by atoms with van der Waals surface area (Å²) in [7, 11) is 0. The van der Waals surface area contributed by atoms with Crippen LogP contribution in [0.1, 0.15) is 18.1 Å². The molecular weight excluding hydrogens is 221 g/mol. The van der Waals surface area contributed by atoms with Crippen molar-refractivity contribution in [2.24, 2.45) is 5.73 Å². The summed E-state index contributed by atoms with van der Waals surface area (Å²) in [6.45, 7) is 6.69. The highest BCUT2D eigenvalue weighted by atomic mass is 19.1. The summed E-state index contributed by atoms with van der Waals surface area (Å²) in [6.07, 6.45) is 0.239. The van der Waals surface area contributed by atoms with E-state index in [4.69, 9.17) is 10.5 Å². The van der Waals surface area contributed by atoms with E-state index in [0.717, 1.165) is 0 Å². The van der Waals surface area contributed by atoms with Gasteiger partial charge in [0.15, 0.2) is 0 Å². The molecule has 0 aliphatic carbocycles. The van der Waals surface area contributed by atoms with Crippen LogP contribution >= 0.6 is 0 Å². The molecule has 0 unspecified atom stereocenters. The maximum Gasteiger partial charge on any atom is 0.328 e. The zero-order valence-electron chi connectivity index (χ0n) is 10.00. The van der Waals surface area contributed by atoms with E-state index in [-0.39, 0.29) is 12.2 Å². The van der Waals surface area contributed by atoms with Gasteiger partial charge in [0.05, 0.1) is 5.76 Å². The Morgan fingerprint density at radius 1 is 1.59 bits per heavy atom. The Morgan fingerprint density at radius 3 is 2.76 bits per heavy atom. The van der Waals surface area contributed by atoms with E-state index in [1.807, 2.05) is 0 Å². The fourth-order valence-corrected chi connectivity index (χ4v) is 1.35. The predicted molar refractivity (Wildman–Crippen MR) is 63.7 cm³/mol. The second kappa shape index (κ2) is 5.59. The number of hydrogen-bond donors (Lipinski definition) is 1. The van der Waals surface area contributed by atoms with Crippen LogP contribution in [0.15, 0.2) is 30.5 Å². The Morgan fingerprint density at radius 2 is 2.24 bits per heavy atom. The number of esters is 1. The van der Waals surface area contributed by atoms with E-state index in [2.05, 4.69) is 6.58 Å². The van der Waals surface area contributed by atoms with Gasteiger partial charge in [-0.2, -0.15) is 0 Å². The summed E-state index contributed by atoms with van der Waals surface area (Å²) in [5.74, 6) is -0.568. The number of hydrogen-bond acceptors (Lipinski definition) is 3. The molecule has 0 saturated carbocycles. The van der Waals surface area contributed by atoms with Gasteiger partial charge in [0.1, 0.15) is 11.9 Å². The number of carbonyl (C=O) groups excluding carboxylic acids is 1. The number of nitrogens with two attached hydrogens (primary N) is 1. The lowest BCUT2D eigenvalue weighted by Crippen LogP contribution is -2.34. The molecule has 1 aromatic carbocycles. The number of rotatable bonds is 4. The Hall–Kier alpha value is -1.68. The highest BCUT2D eigenvalue weighted by Crippen LogP contribution is 2.11. The molecule has 92 valence electrons. The minimum absolute atomic E-state index is 0.239. The molecule has 0 aromatic heterocycles. The third kappa shape index (κ3) is 4.00. The Labute approximate surface area is 100 Å². The molecule has 2 N–H and O–H groups in total. The first kappa shape index (κ1) is 13.4. The quantitative estimate of drug-likeness (QED) is 0.644. The van der Waals surface area contributed by atoms with Crippen molar-refractivity contribution in [3.05, 3.63) is 47.5 Å². The summed E-state index contributed by atoms with van der Waals surface area (Å²) in [4.78, 5) is 11.4. The van der Waals surface area contributed by atoms with Gasteiger partial charge in [0, 0.05) is 0 Å². The number of halogens is 1. The second-order valence-corrected chi connectivity index (χ2v) is 4.02. The molecule has 1 rings (SSSR count). The molecule has 3 nitrogen and oxygen atoms in total. The molecule has 0 amide bonds. The molecule has 17 heavy (non-hydrogen) atoms. The van der Waals surface area contributed by atoms with Crippen LogP contribution in [0.4, 0.5) is 4.39 Å². The van der Waals surface area contributed by atoms with Gasteiger partial charge in [-0.05, 0) is 37.5 Å². The van der Waals surface area contributed by atoms with Crippen LogP contribution in [-0.2, 0) is 16.0 Å². The molecule has 0 aliphatic heterocycles. The number of allylic oxidation sites excluding steroid dienone is 1. The average Bonchev–Trinajstić information content (AvgIpc) is 2.22. The minimum Gasteiger partial charge on any atom is -0.431 e. The lowest BCUT2D eigenvalue weighted by Gasteiger charge is -2.11. The number of benzene rings is 1. The monoisotopic (exact) mass is 237 g/mol. The lowest BCUT2D eigenvalue weighted by molar-refractivity contribution is -0.140. The summed E-state index contributed by atoms with van der Waals surface area (Å²) in [5.41, 5.74) is 6.88. The van der Waals surface area contributed by atoms with Crippen molar-refractivity contribution in [1.29, 1.82) is 0 Å².